The molecule has 0 radical (unpaired) electrons. The van der Waals surface area contributed by atoms with Gasteiger partial charge in [-0.05, 0) is 6.42 Å². The predicted molar refractivity (Wildman–Crippen MR) is 79.7 cm³/mol. The first kappa shape index (κ1) is 18.9. The van der Waals surface area contributed by atoms with E-state index in [4.69, 9.17) is 5.11 Å². The normalized spacial score (nSPS) is 10.4. The molecule has 0 aliphatic rings. The van der Waals surface area contributed by atoms with Crippen molar-refractivity contribution in [2.45, 2.75) is 84.0 Å². The Bertz CT molecular complexity index is 251. The van der Waals surface area contributed by atoms with Crippen molar-refractivity contribution in [2.75, 3.05) is 6.61 Å². The van der Waals surface area contributed by atoms with Gasteiger partial charge >= 0.3 is 11.9 Å². The summed E-state index contributed by atoms with van der Waals surface area (Å²) in [4.78, 5) is 21.3. The highest BCUT2D eigenvalue weighted by Crippen LogP contribution is 2.12. The Kier molecular flexibility index (Phi) is 13.6. The van der Waals surface area contributed by atoms with E-state index < -0.39 is 18.5 Å². The molecule has 0 aromatic carbocycles. The van der Waals surface area contributed by atoms with E-state index in [0.717, 1.165) is 19.3 Å². The lowest BCUT2D eigenvalue weighted by atomic mass is 10.1. The van der Waals surface area contributed by atoms with Crippen molar-refractivity contribution < 1.29 is 19.4 Å². The third-order valence-corrected chi connectivity index (χ3v) is 3.34. The molecular formula is C16H30O4. The van der Waals surface area contributed by atoms with E-state index in [1.54, 1.807) is 0 Å². The monoisotopic (exact) mass is 286 g/mol. The van der Waals surface area contributed by atoms with Crippen LogP contribution < -0.4 is 0 Å². The van der Waals surface area contributed by atoms with Gasteiger partial charge in [-0.2, -0.15) is 0 Å². The zero-order chi connectivity index (χ0) is 15.1. The van der Waals surface area contributed by atoms with Crippen molar-refractivity contribution in [3.8, 4) is 0 Å². The van der Waals surface area contributed by atoms with Gasteiger partial charge in [-0.3, -0.25) is 4.79 Å². The van der Waals surface area contributed by atoms with Gasteiger partial charge in [0.05, 0.1) is 0 Å². The second-order valence-electron chi connectivity index (χ2n) is 5.34. The second kappa shape index (κ2) is 14.4. The van der Waals surface area contributed by atoms with Crippen molar-refractivity contribution in [2.24, 2.45) is 0 Å². The van der Waals surface area contributed by atoms with E-state index in [1.807, 2.05) is 0 Å². The molecule has 0 aromatic heterocycles. The summed E-state index contributed by atoms with van der Waals surface area (Å²) < 4.78 is 4.56. The first-order chi connectivity index (χ1) is 9.66. The lowest BCUT2D eigenvalue weighted by molar-refractivity contribution is -0.155. The molecule has 4 heteroatoms. The summed E-state index contributed by atoms with van der Waals surface area (Å²) >= 11 is 0. The number of hydrogen-bond acceptors (Lipinski definition) is 3. The smallest absolute Gasteiger partial charge is 0.341 e. The first-order valence-electron chi connectivity index (χ1n) is 8.04. The van der Waals surface area contributed by atoms with Crippen molar-refractivity contribution in [1.29, 1.82) is 0 Å². The Labute approximate surface area is 122 Å². The molecule has 0 atom stereocenters. The van der Waals surface area contributed by atoms with Crippen LogP contribution in [0.3, 0.4) is 0 Å². The summed E-state index contributed by atoms with van der Waals surface area (Å²) in [6, 6.07) is 0. The molecule has 0 rings (SSSR count). The van der Waals surface area contributed by atoms with Crippen LogP contribution in [-0.4, -0.2) is 23.7 Å². The first-order valence-corrected chi connectivity index (χ1v) is 8.04. The standard InChI is InChI=1S/C16H30O4/c1-2-3-4-5-6-7-8-9-10-11-12-13-16(19)20-14-15(17)18/h2-14H2,1H3,(H,17,18). The van der Waals surface area contributed by atoms with Crippen molar-refractivity contribution >= 4 is 11.9 Å². The summed E-state index contributed by atoms with van der Waals surface area (Å²) in [6.07, 6.45) is 13.9. The number of carboxylic acid groups (broad SMARTS) is 1. The zero-order valence-corrected chi connectivity index (χ0v) is 12.9. The number of ether oxygens (including phenoxy) is 1. The fourth-order valence-corrected chi connectivity index (χ4v) is 2.15. The minimum atomic E-state index is -1.10. The Hall–Kier alpha value is -1.06. The van der Waals surface area contributed by atoms with Gasteiger partial charge < -0.3 is 9.84 Å². The zero-order valence-electron chi connectivity index (χ0n) is 12.9. The van der Waals surface area contributed by atoms with Gasteiger partial charge in [-0.15, -0.1) is 0 Å². The van der Waals surface area contributed by atoms with Crippen LogP contribution in [0.15, 0.2) is 0 Å². The molecular weight excluding hydrogens is 256 g/mol. The molecule has 118 valence electrons. The molecule has 0 heterocycles. The van der Waals surface area contributed by atoms with E-state index in [1.165, 1.54) is 51.4 Å². The van der Waals surface area contributed by atoms with E-state index in [2.05, 4.69) is 11.7 Å². The topological polar surface area (TPSA) is 63.6 Å². The maximum absolute atomic E-state index is 11.1. The molecule has 20 heavy (non-hydrogen) atoms. The summed E-state index contributed by atoms with van der Waals surface area (Å²) in [6.45, 7) is 1.72. The summed E-state index contributed by atoms with van der Waals surface area (Å²) in [5.74, 6) is -1.50. The van der Waals surface area contributed by atoms with E-state index >= 15 is 0 Å². The minimum absolute atomic E-state index is 0.338. The Balaban J connectivity index is 3.12. The Morgan fingerprint density at radius 1 is 0.800 bits per heavy atom. The lowest BCUT2D eigenvalue weighted by Gasteiger charge is -2.03. The molecule has 0 saturated heterocycles. The second-order valence-corrected chi connectivity index (χ2v) is 5.34. The van der Waals surface area contributed by atoms with Crippen LogP contribution in [0.1, 0.15) is 84.0 Å². The molecule has 0 saturated carbocycles. The summed E-state index contributed by atoms with van der Waals surface area (Å²) in [5, 5.41) is 8.35. The van der Waals surface area contributed by atoms with Crippen LogP contribution in [-0.2, 0) is 14.3 Å². The van der Waals surface area contributed by atoms with Gasteiger partial charge in [0.1, 0.15) is 0 Å². The third-order valence-electron chi connectivity index (χ3n) is 3.34. The Morgan fingerprint density at radius 2 is 1.25 bits per heavy atom. The van der Waals surface area contributed by atoms with Crippen LogP contribution >= 0.6 is 0 Å². The molecule has 0 spiro atoms. The van der Waals surface area contributed by atoms with Crippen molar-refractivity contribution in [3.05, 3.63) is 0 Å². The fraction of sp³-hybridized carbons (Fsp3) is 0.875. The molecule has 4 nitrogen and oxygen atoms in total. The average molecular weight is 286 g/mol. The van der Waals surface area contributed by atoms with E-state index in [9.17, 15) is 9.59 Å². The van der Waals surface area contributed by atoms with Gasteiger partial charge in [0.15, 0.2) is 6.61 Å². The average Bonchev–Trinajstić information content (AvgIpc) is 2.42. The maximum Gasteiger partial charge on any atom is 0.341 e. The highest BCUT2D eigenvalue weighted by Gasteiger charge is 2.05. The molecule has 0 aliphatic carbocycles. The highest BCUT2D eigenvalue weighted by atomic mass is 16.5. The molecule has 0 aromatic rings. The van der Waals surface area contributed by atoms with Crippen LogP contribution in [0.2, 0.25) is 0 Å². The van der Waals surface area contributed by atoms with Crippen LogP contribution in [0, 0.1) is 0 Å². The van der Waals surface area contributed by atoms with Crippen molar-refractivity contribution in [1.82, 2.24) is 0 Å². The number of carbonyl (C=O) groups excluding carboxylic acids is 1. The molecule has 0 aliphatic heterocycles. The predicted octanol–water partition coefficient (Wildman–Crippen LogP) is 4.32. The third kappa shape index (κ3) is 15.0. The van der Waals surface area contributed by atoms with Crippen molar-refractivity contribution in [3.63, 3.8) is 0 Å². The molecule has 0 unspecified atom stereocenters. The molecule has 0 bridgehead atoms. The van der Waals surface area contributed by atoms with Crippen LogP contribution in [0.5, 0.6) is 0 Å². The van der Waals surface area contributed by atoms with E-state index in [-0.39, 0.29) is 0 Å². The van der Waals surface area contributed by atoms with Gasteiger partial charge in [-0.25, -0.2) is 4.79 Å². The molecule has 0 amide bonds. The number of hydrogen-bond donors (Lipinski definition) is 1. The fourth-order valence-electron chi connectivity index (χ4n) is 2.15. The Morgan fingerprint density at radius 3 is 1.70 bits per heavy atom. The number of rotatable bonds is 14. The van der Waals surface area contributed by atoms with Crippen LogP contribution in [0.25, 0.3) is 0 Å². The van der Waals surface area contributed by atoms with Crippen LogP contribution in [0.4, 0.5) is 0 Å². The number of carboxylic acids is 1. The SMILES string of the molecule is CCCCCCCCCCCCCC(=O)OCC(=O)O. The van der Waals surface area contributed by atoms with Gasteiger partial charge in [0, 0.05) is 6.42 Å². The summed E-state index contributed by atoms with van der Waals surface area (Å²) in [7, 11) is 0. The van der Waals surface area contributed by atoms with E-state index in [0.29, 0.717) is 6.42 Å². The number of esters is 1. The van der Waals surface area contributed by atoms with Gasteiger partial charge in [0.2, 0.25) is 0 Å². The maximum atomic E-state index is 11.1. The minimum Gasteiger partial charge on any atom is -0.479 e. The number of aliphatic carboxylic acids is 1. The van der Waals surface area contributed by atoms with Gasteiger partial charge in [0.25, 0.3) is 0 Å². The largest absolute Gasteiger partial charge is 0.479 e. The summed E-state index contributed by atoms with van der Waals surface area (Å²) in [5.41, 5.74) is 0. The quantitative estimate of drug-likeness (QED) is 0.381. The molecule has 1 N–H and O–H groups in total. The number of unbranched alkanes of at least 4 members (excludes halogenated alkanes) is 10. The lowest BCUT2D eigenvalue weighted by Crippen LogP contribution is -2.12. The van der Waals surface area contributed by atoms with Gasteiger partial charge in [-0.1, -0.05) is 71.1 Å². The highest BCUT2D eigenvalue weighted by molar-refractivity contribution is 5.75. The number of carbonyl (C=O) groups is 2. The molecule has 0 fully saturated rings.